The molecule has 1 rings (SSSR count). The highest BCUT2D eigenvalue weighted by molar-refractivity contribution is 5.70. The van der Waals surface area contributed by atoms with Crippen molar-refractivity contribution in [1.82, 2.24) is 0 Å². The summed E-state index contributed by atoms with van der Waals surface area (Å²) in [5.41, 5.74) is 7.20. The number of carbonyl (C=O) groups excluding carboxylic acids is 1. The first-order valence-corrected chi connectivity index (χ1v) is 6.09. The van der Waals surface area contributed by atoms with E-state index < -0.39 is 0 Å². The summed E-state index contributed by atoms with van der Waals surface area (Å²) in [6.45, 7) is 4.34. The van der Waals surface area contributed by atoms with Crippen LogP contribution in [0.25, 0.3) is 0 Å². The quantitative estimate of drug-likeness (QED) is 0.771. The maximum absolute atomic E-state index is 11.3. The van der Waals surface area contributed by atoms with Crippen molar-refractivity contribution >= 4 is 5.97 Å². The molecular formula is C14H21NO2. The molecule has 0 fully saturated rings. The van der Waals surface area contributed by atoms with Gasteiger partial charge >= 0.3 is 5.97 Å². The lowest BCUT2D eigenvalue weighted by Gasteiger charge is -2.16. The van der Waals surface area contributed by atoms with Gasteiger partial charge in [0.25, 0.3) is 0 Å². The smallest absolute Gasteiger partial charge is 0.307 e. The van der Waals surface area contributed by atoms with Gasteiger partial charge in [0, 0.05) is 6.04 Å². The van der Waals surface area contributed by atoms with E-state index in [4.69, 9.17) is 10.5 Å². The van der Waals surface area contributed by atoms with E-state index in [9.17, 15) is 4.79 Å². The standard InChI is InChI=1S/C14H21NO2/c1-3-17-14(16)10-13(15)9-11(2)12-7-5-4-6-8-12/h4-8,11,13H,3,9-10,15H2,1-2H3. The fourth-order valence-corrected chi connectivity index (χ4v) is 1.89. The SMILES string of the molecule is CCOC(=O)CC(N)CC(C)c1ccccc1. The maximum Gasteiger partial charge on any atom is 0.307 e. The molecule has 94 valence electrons. The average molecular weight is 235 g/mol. The zero-order valence-electron chi connectivity index (χ0n) is 10.6. The Labute approximate surface area is 103 Å². The van der Waals surface area contributed by atoms with Crippen molar-refractivity contribution in [2.45, 2.75) is 38.6 Å². The Morgan fingerprint density at radius 2 is 2.00 bits per heavy atom. The summed E-state index contributed by atoms with van der Waals surface area (Å²) in [7, 11) is 0. The number of rotatable bonds is 6. The van der Waals surface area contributed by atoms with E-state index in [-0.39, 0.29) is 12.0 Å². The summed E-state index contributed by atoms with van der Waals surface area (Å²) < 4.78 is 4.88. The zero-order valence-corrected chi connectivity index (χ0v) is 10.6. The molecule has 2 N–H and O–H groups in total. The number of esters is 1. The van der Waals surface area contributed by atoms with E-state index in [0.29, 0.717) is 18.9 Å². The van der Waals surface area contributed by atoms with Crippen molar-refractivity contribution in [3.05, 3.63) is 35.9 Å². The summed E-state index contributed by atoms with van der Waals surface area (Å²) in [5, 5.41) is 0. The van der Waals surface area contributed by atoms with E-state index in [1.165, 1.54) is 5.56 Å². The molecule has 0 saturated carbocycles. The van der Waals surface area contributed by atoms with Crippen LogP contribution in [0.1, 0.15) is 38.2 Å². The van der Waals surface area contributed by atoms with Crippen molar-refractivity contribution in [3.63, 3.8) is 0 Å². The van der Waals surface area contributed by atoms with Gasteiger partial charge in [-0.15, -0.1) is 0 Å². The van der Waals surface area contributed by atoms with Crippen molar-refractivity contribution in [2.75, 3.05) is 6.61 Å². The van der Waals surface area contributed by atoms with Crippen LogP contribution in [-0.2, 0) is 9.53 Å². The Kier molecular flexibility index (Phi) is 5.70. The molecule has 0 amide bonds. The van der Waals surface area contributed by atoms with Crippen molar-refractivity contribution in [2.24, 2.45) is 5.73 Å². The second-order valence-electron chi connectivity index (χ2n) is 4.32. The van der Waals surface area contributed by atoms with Gasteiger partial charge in [-0.1, -0.05) is 37.3 Å². The molecule has 3 heteroatoms. The Bertz CT molecular complexity index is 337. The molecule has 1 aromatic carbocycles. The minimum Gasteiger partial charge on any atom is -0.466 e. The largest absolute Gasteiger partial charge is 0.466 e. The number of ether oxygens (including phenoxy) is 1. The Morgan fingerprint density at radius 1 is 1.35 bits per heavy atom. The lowest BCUT2D eigenvalue weighted by atomic mass is 9.93. The molecule has 0 heterocycles. The fraction of sp³-hybridized carbons (Fsp3) is 0.500. The van der Waals surface area contributed by atoms with E-state index >= 15 is 0 Å². The Hall–Kier alpha value is -1.35. The van der Waals surface area contributed by atoms with Crippen LogP contribution in [0, 0.1) is 0 Å². The van der Waals surface area contributed by atoms with Gasteiger partial charge in [-0.25, -0.2) is 0 Å². The molecule has 3 nitrogen and oxygen atoms in total. The number of hydrogen-bond donors (Lipinski definition) is 1. The molecule has 2 atom stereocenters. The van der Waals surface area contributed by atoms with Crippen LogP contribution < -0.4 is 5.73 Å². The highest BCUT2D eigenvalue weighted by Gasteiger charge is 2.14. The van der Waals surface area contributed by atoms with Crippen molar-refractivity contribution in [1.29, 1.82) is 0 Å². The van der Waals surface area contributed by atoms with Gasteiger partial charge in [0.2, 0.25) is 0 Å². The molecule has 0 spiro atoms. The Morgan fingerprint density at radius 3 is 2.59 bits per heavy atom. The fourth-order valence-electron chi connectivity index (χ4n) is 1.89. The summed E-state index contributed by atoms with van der Waals surface area (Å²) in [6, 6.07) is 10.1. The van der Waals surface area contributed by atoms with E-state index in [2.05, 4.69) is 19.1 Å². The highest BCUT2D eigenvalue weighted by atomic mass is 16.5. The number of benzene rings is 1. The lowest BCUT2D eigenvalue weighted by molar-refractivity contribution is -0.143. The molecule has 0 bridgehead atoms. The predicted molar refractivity (Wildman–Crippen MR) is 68.7 cm³/mol. The van der Waals surface area contributed by atoms with Gasteiger partial charge in [0.1, 0.15) is 0 Å². The van der Waals surface area contributed by atoms with Crippen molar-refractivity contribution < 1.29 is 9.53 Å². The zero-order chi connectivity index (χ0) is 12.7. The monoisotopic (exact) mass is 235 g/mol. The first kappa shape index (κ1) is 13.7. The minimum absolute atomic E-state index is 0.135. The van der Waals surface area contributed by atoms with Gasteiger partial charge in [0.15, 0.2) is 0 Å². The Balaban J connectivity index is 2.41. The molecular weight excluding hydrogens is 214 g/mol. The third-order valence-corrected chi connectivity index (χ3v) is 2.76. The van der Waals surface area contributed by atoms with Crippen molar-refractivity contribution in [3.8, 4) is 0 Å². The number of nitrogens with two attached hydrogens (primary N) is 1. The van der Waals surface area contributed by atoms with Crippen LogP contribution in [0.4, 0.5) is 0 Å². The molecule has 2 unspecified atom stereocenters. The maximum atomic E-state index is 11.3. The second-order valence-corrected chi connectivity index (χ2v) is 4.32. The van der Waals surface area contributed by atoms with Crippen LogP contribution in [0.15, 0.2) is 30.3 Å². The predicted octanol–water partition coefficient (Wildman–Crippen LogP) is 2.46. The van der Waals surface area contributed by atoms with Gasteiger partial charge in [-0.3, -0.25) is 4.79 Å². The third-order valence-electron chi connectivity index (χ3n) is 2.76. The first-order valence-electron chi connectivity index (χ1n) is 6.09. The number of carbonyl (C=O) groups is 1. The topological polar surface area (TPSA) is 52.3 Å². The summed E-state index contributed by atoms with van der Waals surface area (Å²) in [6.07, 6.45) is 1.09. The first-order chi connectivity index (χ1) is 8.13. The van der Waals surface area contributed by atoms with Crippen LogP contribution in [0.2, 0.25) is 0 Å². The minimum atomic E-state index is -0.208. The van der Waals surface area contributed by atoms with E-state index in [1.807, 2.05) is 18.2 Å². The third kappa shape index (κ3) is 5.00. The summed E-state index contributed by atoms with van der Waals surface area (Å²) in [5.74, 6) is 0.154. The summed E-state index contributed by atoms with van der Waals surface area (Å²) in [4.78, 5) is 11.3. The molecule has 0 aliphatic heterocycles. The molecule has 17 heavy (non-hydrogen) atoms. The lowest BCUT2D eigenvalue weighted by Crippen LogP contribution is -2.26. The average Bonchev–Trinajstić information content (AvgIpc) is 2.30. The van der Waals surface area contributed by atoms with Crippen LogP contribution in [0.5, 0.6) is 0 Å². The van der Waals surface area contributed by atoms with E-state index in [1.54, 1.807) is 6.92 Å². The van der Waals surface area contributed by atoms with Gasteiger partial charge in [0.05, 0.1) is 13.0 Å². The molecule has 0 aliphatic carbocycles. The molecule has 0 saturated heterocycles. The van der Waals surface area contributed by atoms with Gasteiger partial charge in [-0.2, -0.15) is 0 Å². The van der Waals surface area contributed by atoms with Crippen LogP contribution >= 0.6 is 0 Å². The number of hydrogen-bond acceptors (Lipinski definition) is 3. The van der Waals surface area contributed by atoms with Crippen LogP contribution in [0.3, 0.4) is 0 Å². The van der Waals surface area contributed by atoms with Gasteiger partial charge in [-0.05, 0) is 24.8 Å². The van der Waals surface area contributed by atoms with E-state index in [0.717, 1.165) is 6.42 Å². The molecule has 0 radical (unpaired) electrons. The highest BCUT2D eigenvalue weighted by Crippen LogP contribution is 2.20. The molecule has 0 aromatic heterocycles. The molecule has 1 aromatic rings. The second kappa shape index (κ2) is 7.07. The summed E-state index contributed by atoms with van der Waals surface area (Å²) >= 11 is 0. The molecule has 0 aliphatic rings. The van der Waals surface area contributed by atoms with Gasteiger partial charge < -0.3 is 10.5 Å². The normalized spacial score (nSPS) is 14.1. The van der Waals surface area contributed by atoms with Crippen LogP contribution in [-0.4, -0.2) is 18.6 Å².